The summed E-state index contributed by atoms with van der Waals surface area (Å²) in [4.78, 5) is 33.3. The maximum atomic E-state index is 13.0. The van der Waals surface area contributed by atoms with Gasteiger partial charge in [-0.3, -0.25) is 14.2 Å². The van der Waals surface area contributed by atoms with Gasteiger partial charge in [0.1, 0.15) is 34.5 Å². The third-order valence-corrected chi connectivity index (χ3v) is 4.41. The smallest absolute Gasteiger partial charge is 0.279 e. The first-order valence-electron chi connectivity index (χ1n) is 8.87. The van der Waals surface area contributed by atoms with Crippen molar-refractivity contribution in [1.82, 2.24) is 24.1 Å². The Bertz CT molecular complexity index is 1290. The fourth-order valence-corrected chi connectivity index (χ4v) is 2.92. The van der Waals surface area contributed by atoms with Crippen molar-refractivity contribution in [3.05, 3.63) is 64.8 Å². The molecular weight excluding hydrogens is 388 g/mol. The molecule has 0 aromatic carbocycles. The van der Waals surface area contributed by atoms with Crippen molar-refractivity contribution in [3.63, 3.8) is 0 Å². The first-order valence-corrected chi connectivity index (χ1v) is 8.87. The third kappa shape index (κ3) is 3.28. The highest BCUT2D eigenvalue weighted by Crippen LogP contribution is 2.20. The maximum absolute atomic E-state index is 13.0. The summed E-state index contributed by atoms with van der Waals surface area (Å²) in [6.45, 7) is 0. The van der Waals surface area contributed by atoms with E-state index < -0.39 is 5.91 Å². The van der Waals surface area contributed by atoms with Crippen LogP contribution in [0.15, 0.2) is 53.7 Å². The minimum atomic E-state index is -0.649. The van der Waals surface area contributed by atoms with Crippen LogP contribution in [-0.4, -0.2) is 44.2 Å². The minimum absolute atomic E-state index is 0.169. The van der Waals surface area contributed by atoms with Crippen molar-refractivity contribution in [2.45, 2.75) is 0 Å². The van der Waals surface area contributed by atoms with Crippen LogP contribution in [0.2, 0.25) is 0 Å². The maximum Gasteiger partial charge on any atom is 0.279 e. The summed E-state index contributed by atoms with van der Waals surface area (Å²) >= 11 is 0. The predicted octanol–water partition coefficient (Wildman–Crippen LogP) is 1.17. The predicted molar refractivity (Wildman–Crippen MR) is 111 cm³/mol. The Morgan fingerprint density at radius 3 is 2.73 bits per heavy atom. The van der Waals surface area contributed by atoms with Gasteiger partial charge in [-0.2, -0.15) is 9.61 Å². The molecular formula is C19H18N8O3. The second-order valence-corrected chi connectivity index (χ2v) is 6.21. The Hall–Kier alpha value is -4.41. The van der Waals surface area contributed by atoms with Gasteiger partial charge in [0.2, 0.25) is 0 Å². The summed E-state index contributed by atoms with van der Waals surface area (Å²) in [6.07, 6.45) is 4.49. The highest BCUT2D eigenvalue weighted by atomic mass is 16.5. The first-order chi connectivity index (χ1) is 14.5. The molecule has 1 amide bonds. The Kier molecular flexibility index (Phi) is 4.76. The second kappa shape index (κ2) is 7.54. The molecule has 4 rings (SSSR count). The largest absolute Gasteiger partial charge is 0.495 e. The van der Waals surface area contributed by atoms with E-state index in [9.17, 15) is 9.59 Å². The zero-order valence-electron chi connectivity index (χ0n) is 16.2. The van der Waals surface area contributed by atoms with Crippen molar-refractivity contribution >= 4 is 28.9 Å². The number of hydrogen-bond donors (Lipinski definition) is 3. The number of amides is 1. The summed E-state index contributed by atoms with van der Waals surface area (Å²) in [7, 11) is 3.25. The fourth-order valence-electron chi connectivity index (χ4n) is 2.92. The summed E-state index contributed by atoms with van der Waals surface area (Å²) in [5.74, 6) is 1.28. The van der Waals surface area contributed by atoms with Gasteiger partial charge in [-0.05, 0) is 24.3 Å². The van der Waals surface area contributed by atoms with Gasteiger partial charge in [-0.25, -0.2) is 9.97 Å². The van der Waals surface area contributed by atoms with E-state index in [-0.39, 0.29) is 22.5 Å². The molecule has 4 aromatic rings. The second-order valence-electron chi connectivity index (χ2n) is 6.21. The number of fused-ring (bicyclic) bond motifs is 1. The number of aromatic nitrogens is 5. The zero-order chi connectivity index (χ0) is 21.3. The zero-order valence-corrected chi connectivity index (χ0v) is 16.2. The van der Waals surface area contributed by atoms with Crippen LogP contribution in [0.3, 0.4) is 0 Å². The van der Waals surface area contributed by atoms with Crippen LogP contribution in [-0.2, 0) is 0 Å². The molecule has 11 nitrogen and oxygen atoms in total. The molecule has 4 N–H and O–H groups in total. The Morgan fingerprint density at radius 2 is 2.07 bits per heavy atom. The molecule has 0 saturated carbocycles. The summed E-state index contributed by atoms with van der Waals surface area (Å²) < 4.78 is 7.95. The fraction of sp³-hybridized carbons (Fsp3) is 0.105. The summed E-state index contributed by atoms with van der Waals surface area (Å²) in [5.41, 5.74) is 5.79. The quantitative estimate of drug-likeness (QED) is 0.433. The number of primary amides is 1. The normalized spacial score (nSPS) is 10.7. The van der Waals surface area contributed by atoms with E-state index in [1.807, 2.05) is 0 Å². The minimum Gasteiger partial charge on any atom is -0.495 e. The van der Waals surface area contributed by atoms with E-state index in [0.717, 1.165) is 0 Å². The lowest BCUT2D eigenvalue weighted by Gasteiger charge is -2.11. The highest BCUT2D eigenvalue weighted by molar-refractivity contribution is 5.98. The van der Waals surface area contributed by atoms with E-state index in [2.05, 4.69) is 25.7 Å². The number of methoxy groups -OCH3 is 1. The highest BCUT2D eigenvalue weighted by Gasteiger charge is 2.15. The van der Waals surface area contributed by atoms with Crippen molar-refractivity contribution in [3.8, 4) is 11.6 Å². The van der Waals surface area contributed by atoms with Crippen molar-refractivity contribution in [1.29, 1.82) is 0 Å². The molecule has 30 heavy (non-hydrogen) atoms. The van der Waals surface area contributed by atoms with Crippen LogP contribution in [0.25, 0.3) is 11.5 Å². The lowest BCUT2D eigenvalue weighted by molar-refractivity contribution is 0.100. The molecule has 0 spiro atoms. The standard InChI is InChI=1S/C19H18N8O3/c1-21-16-8-14(25-18-12(17(20)28)10-23-27(16)18)24-13-4-3-7-26(19(13)29)15-6-5-11(30-2)9-22-15/h3-10,21H,1-2H3,(H2,20,28)(H,24,25). The van der Waals surface area contributed by atoms with Gasteiger partial charge in [-0.1, -0.05) is 0 Å². The average molecular weight is 406 g/mol. The molecule has 0 unspecified atom stereocenters. The van der Waals surface area contributed by atoms with Gasteiger partial charge in [-0.15, -0.1) is 0 Å². The number of carbonyl (C=O) groups is 1. The lowest BCUT2D eigenvalue weighted by Crippen LogP contribution is -2.21. The molecule has 0 atom stereocenters. The molecule has 0 bridgehead atoms. The van der Waals surface area contributed by atoms with Gasteiger partial charge < -0.3 is 21.1 Å². The lowest BCUT2D eigenvalue weighted by atomic mass is 10.3. The van der Waals surface area contributed by atoms with Gasteiger partial charge in [0.25, 0.3) is 11.5 Å². The van der Waals surface area contributed by atoms with E-state index in [0.29, 0.717) is 23.2 Å². The number of pyridine rings is 2. The number of nitrogens with two attached hydrogens (primary N) is 1. The third-order valence-electron chi connectivity index (χ3n) is 4.41. The number of carbonyl (C=O) groups excluding carboxylic acids is 1. The molecule has 0 radical (unpaired) electrons. The molecule has 0 saturated heterocycles. The van der Waals surface area contributed by atoms with Gasteiger partial charge in [0.05, 0.1) is 19.5 Å². The average Bonchev–Trinajstić information content (AvgIpc) is 3.19. The van der Waals surface area contributed by atoms with E-state index in [4.69, 9.17) is 10.5 Å². The van der Waals surface area contributed by atoms with Crippen LogP contribution in [0, 0.1) is 0 Å². The first kappa shape index (κ1) is 18.9. The molecule has 0 aliphatic rings. The van der Waals surface area contributed by atoms with Crippen molar-refractivity contribution in [2.75, 3.05) is 24.8 Å². The Balaban J connectivity index is 1.76. The number of nitrogens with zero attached hydrogens (tertiary/aromatic N) is 5. The van der Waals surface area contributed by atoms with Gasteiger partial charge in [0, 0.05) is 19.3 Å². The summed E-state index contributed by atoms with van der Waals surface area (Å²) in [5, 5.41) is 10.1. The van der Waals surface area contributed by atoms with Crippen LogP contribution in [0.1, 0.15) is 10.4 Å². The van der Waals surface area contributed by atoms with Crippen molar-refractivity contribution in [2.24, 2.45) is 5.73 Å². The van der Waals surface area contributed by atoms with E-state index in [1.54, 1.807) is 50.7 Å². The SMILES string of the molecule is CNc1cc(Nc2cccn(-c3ccc(OC)cn3)c2=O)nc2c(C(N)=O)cnn12. The number of anilines is 3. The molecule has 152 valence electrons. The van der Waals surface area contributed by atoms with Gasteiger partial charge in [0.15, 0.2) is 5.65 Å². The Morgan fingerprint density at radius 1 is 1.23 bits per heavy atom. The topological polar surface area (TPSA) is 141 Å². The molecule has 4 aromatic heterocycles. The van der Waals surface area contributed by atoms with E-state index >= 15 is 0 Å². The molecule has 0 aliphatic carbocycles. The molecule has 11 heteroatoms. The summed E-state index contributed by atoms with van der Waals surface area (Å²) in [6, 6.07) is 8.39. The number of ether oxygens (including phenoxy) is 1. The van der Waals surface area contributed by atoms with Crippen LogP contribution >= 0.6 is 0 Å². The number of hydrogen-bond acceptors (Lipinski definition) is 8. The monoisotopic (exact) mass is 406 g/mol. The number of nitrogens with one attached hydrogen (secondary N) is 2. The molecule has 4 heterocycles. The molecule has 0 fully saturated rings. The van der Waals surface area contributed by atoms with E-state index in [1.165, 1.54) is 21.5 Å². The Labute approximate surface area is 170 Å². The molecule has 0 aliphatic heterocycles. The number of rotatable bonds is 6. The van der Waals surface area contributed by atoms with Crippen LogP contribution in [0.5, 0.6) is 5.75 Å². The van der Waals surface area contributed by atoms with Gasteiger partial charge >= 0.3 is 0 Å². The van der Waals surface area contributed by atoms with Crippen LogP contribution in [0.4, 0.5) is 17.3 Å². The van der Waals surface area contributed by atoms with Crippen molar-refractivity contribution < 1.29 is 9.53 Å². The van der Waals surface area contributed by atoms with Crippen LogP contribution < -0.4 is 26.7 Å².